The second kappa shape index (κ2) is 9.77. The van der Waals surface area contributed by atoms with Crippen LogP contribution in [0, 0.1) is 0 Å². The van der Waals surface area contributed by atoms with Crippen LogP contribution in [-0.2, 0) is 6.54 Å². The van der Waals surface area contributed by atoms with E-state index in [1.165, 1.54) is 0 Å². The number of hydrogen-bond acceptors (Lipinski definition) is 7. The SMILES string of the molecule is CC(C)n1cnc2c(NCc3ccc(-c4ccccn4)cc3)nc(N[C@H]3CC[C@H](N)CC3)nc21. The van der Waals surface area contributed by atoms with Gasteiger partial charge in [0.1, 0.15) is 0 Å². The quantitative estimate of drug-likeness (QED) is 0.368. The number of aromatic nitrogens is 5. The molecule has 1 fully saturated rings. The lowest BCUT2D eigenvalue weighted by atomic mass is 9.92. The molecule has 0 aliphatic heterocycles. The summed E-state index contributed by atoms with van der Waals surface area (Å²) in [5.41, 5.74) is 10.9. The van der Waals surface area contributed by atoms with Gasteiger partial charge in [0.05, 0.1) is 12.0 Å². The van der Waals surface area contributed by atoms with E-state index >= 15 is 0 Å². The summed E-state index contributed by atoms with van der Waals surface area (Å²) >= 11 is 0. The number of anilines is 2. The van der Waals surface area contributed by atoms with Crippen LogP contribution in [0.15, 0.2) is 55.0 Å². The van der Waals surface area contributed by atoms with Crippen LogP contribution < -0.4 is 16.4 Å². The fourth-order valence-electron chi connectivity index (χ4n) is 4.44. The molecule has 5 rings (SSSR count). The van der Waals surface area contributed by atoms with Gasteiger partial charge in [-0.05, 0) is 57.2 Å². The molecule has 0 saturated heterocycles. The number of imidazole rings is 1. The average Bonchev–Trinajstić information content (AvgIpc) is 3.29. The van der Waals surface area contributed by atoms with Crippen molar-refractivity contribution in [1.82, 2.24) is 24.5 Å². The van der Waals surface area contributed by atoms with E-state index < -0.39 is 0 Å². The van der Waals surface area contributed by atoms with Gasteiger partial charge in [-0.1, -0.05) is 30.3 Å². The predicted molar refractivity (Wildman–Crippen MR) is 137 cm³/mol. The molecule has 8 heteroatoms. The molecule has 1 aromatic carbocycles. The van der Waals surface area contributed by atoms with Crippen molar-refractivity contribution in [3.05, 3.63) is 60.6 Å². The van der Waals surface area contributed by atoms with E-state index in [9.17, 15) is 0 Å². The first-order valence-electron chi connectivity index (χ1n) is 12.1. The first-order valence-corrected chi connectivity index (χ1v) is 12.1. The molecule has 1 saturated carbocycles. The van der Waals surface area contributed by atoms with Crippen LogP contribution in [0.2, 0.25) is 0 Å². The van der Waals surface area contributed by atoms with Crippen molar-refractivity contribution in [3.63, 3.8) is 0 Å². The molecule has 1 aliphatic rings. The molecule has 34 heavy (non-hydrogen) atoms. The lowest BCUT2D eigenvalue weighted by Crippen LogP contribution is -2.33. The van der Waals surface area contributed by atoms with Gasteiger partial charge in [0, 0.05) is 36.4 Å². The minimum absolute atomic E-state index is 0.257. The van der Waals surface area contributed by atoms with Crippen LogP contribution in [0.5, 0.6) is 0 Å². The number of nitrogens with two attached hydrogens (primary N) is 1. The lowest BCUT2D eigenvalue weighted by Gasteiger charge is -2.27. The molecule has 1 aliphatic carbocycles. The number of fused-ring (bicyclic) bond motifs is 1. The minimum Gasteiger partial charge on any atom is -0.364 e. The normalized spacial score (nSPS) is 18.4. The standard InChI is InChI=1S/C26H32N8/c1-17(2)34-16-30-23-24(32-26(33-25(23)34)31-21-12-10-20(27)11-13-21)29-15-18-6-8-19(9-7-18)22-5-3-4-14-28-22/h3-9,14,16-17,20-21H,10-13,15,27H2,1-2H3,(H2,29,31,32,33)/t20-,21-. The highest BCUT2D eigenvalue weighted by atomic mass is 15.2. The number of pyridine rings is 1. The molecule has 4 aromatic rings. The van der Waals surface area contributed by atoms with E-state index in [4.69, 9.17) is 15.7 Å². The maximum atomic E-state index is 6.08. The summed E-state index contributed by atoms with van der Waals surface area (Å²) in [6.07, 6.45) is 7.80. The Morgan fingerprint density at radius 2 is 1.79 bits per heavy atom. The Bertz CT molecular complexity index is 1230. The van der Waals surface area contributed by atoms with Gasteiger partial charge in [-0.25, -0.2) is 4.98 Å². The van der Waals surface area contributed by atoms with E-state index in [1.54, 1.807) is 0 Å². The Labute approximate surface area is 200 Å². The third-order valence-corrected chi connectivity index (χ3v) is 6.46. The number of nitrogens with zero attached hydrogens (tertiary/aromatic N) is 5. The third-order valence-electron chi connectivity index (χ3n) is 6.46. The Kier molecular flexibility index (Phi) is 6.40. The van der Waals surface area contributed by atoms with Crippen LogP contribution in [0.1, 0.15) is 51.1 Å². The molecule has 176 valence electrons. The third kappa shape index (κ3) is 4.87. The topological polar surface area (TPSA) is 107 Å². The summed E-state index contributed by atoms with van der Waals surface area (Å²) in [6, 6.07) is 15.3. The fourth-order valence-corrected chi connectivity index (χ4v) is 4.44. The molecule has 0 spiro atoms. The van der Waals surface area contributed by atoms with Crippen molar-refractivity contribution in [3.8, 4) is 11.3 Å². The Hall–Kier alpha value is -3.52. The maximum absolute atomic E-state index is 6.08. The summed E-state index contributed by atoms with van der Waals surface area (Å²) in [5, 5.41) is 7.05. The molecule has 8 nitrogen and oxygen atoms in total. The summed E-state index contributed by atoms with van der Waals surface area (Å²) in [4.78, 5) is 18.7. The number of rotatable bonds is 7. The van der Waals surface area contributed by atoms with E-state index in [0.29, 0.717) is 24.6 Å². The molecule has 0 atom stereocenters. The van der Waals surface area contributed by atoms with Crippen molar-refractivity contribution < 1.29 is 0 Å². The van der Waals surface area contributed by atoms with Crippen molar-refractivity contribution in [2.24, 2.45) is 5.73 Å². The Morgan fingerprint density at radius 1 is 1.00 bits per heavy atom. The molecule has 4 N–H and O–H groups in total. The molecular weight excluding hydrogens is 424 g/mol. The lowest BCUT2D eigenvalue weighted by molar-refractivity contribution is 0.410. The Balaban J connectivity index is 1.37. The molecule has 0 amide bonds. The molecule has 0 bridgehead atoms. The average molecular weight is 457 g/mol. The van der Waals surface area contributed by atoms with Crippen molar-refractivity contribution >= 4 is 22.9 Å². The largest absolute Gasteiger partial charge is 0.364 e. The summed E-state index contributed by atoms with van der Waals surface area (Å²) in [6.45, 7) is 4.91. The molecule has 3 heterocycles. The highest BCUT2D eigenvalue weighted by molar-refractivity contribution is 5.84. The Morgan fingerprint density at radius 3 is 2.50 bits per heavy atom. The van der Waals surface area contributed by atoms with Crippen LogP contribution in [-0.4, -0.2) is 36.6 Å². The molecule has 0 unspecified atom stereocenters. The van der Waals surface area contributed by atoms with Gasteiger partial charge in [0.25, 0.3) is 0 Å². The van der Waals surface area contributed by atoms with Gasteiger partial charge in [0.15, 0.2) is 17.0 Å². The summed E-state index contributed by atoms with van der Waals surface area (Å²) in [7, 11) is 0. The van der Waals surface area contributed by atoms with Crippen molar-refractivity contribution in [2.45, 2.75) is 64.2 Å². The second-order valence-corrected chi connectivity index (χ2v) is 9.34. The summed E-state index contributed by atoms with van der Waals surface area (Å²) in [5.74, 6) is 1.39. The van der Waals surface area contributed by atoms with Crippen LogP contribution in [0.3, 0.4) is 0 Å². The zero-order valence-electron chi connectivity index (χ0n) is 19.8. The van der Waals surface area contributed by atoms with Crippen LogP contribution in [0.25, 0.3) is 22.4 Å². The van der Waals surface area contributed by atoms with Gasteiger partial charge >= 0.3 is 0 Å². The van der Waals surface area contributed by atoms with Gasteiger partial charge in [-0.3, -0.25) is 4.98 Å². The second-order valence-electron chi connectivity index (χ2n) is 9.34. The monoisotopic (exact) mass is 456 g/mol. The highest BCUT2D eigenvalue weighted by Crippen LogP contribution is 2.26. The number of nitrogens with one attached hydrogen (secondary N) is 2. The van der Waals surface area contributed by atoms with Gasteiger partial charge in [0.2, 0.25) is 5.95 Å². The van der Waals surface area contributed by atoms with Crippen LogP contribution >= 0.6 is 0 Å². The smallest absolute Gasteiger partial charge is 0.227 e. The first kappa shape index (κ1) is 22.3. The van der Waals surface area contributed by atoms with E-state index in [-0.39, 0.29) is 6.04 Å². The fraction of sp³-hybridized carbons (Fsp3) is 0.385. The predicted octanol–water partition coefficient (Wildman–Crippen LogP) is 4.76. The number of hydrogen-bond donors (Lipinski definition) is 3. The molecule has 0 radical (unpaired) electrons. The van der Waals surface area contributed by atoms with E-state index in [1.807, 2.05) is 30.7 Å². The van der Waals surface area contributed by atoms with E-state index in [0.717, 1.165) is 59.5 Å². The first-order chi connectivity index (χ1) is 16.6. The summed E-state index contributed by atoms with van der Waals surface area (Å²) < 4.78 is 2.09. The van der Waals surface area contributed by atoms with Gasteiger partial charge in [-0.15, -0.1) is 0 Å². The van der Waals surface area contributed by atoms with E-state index in [2.05, 4.69) is 63.3 Å². The molecule has 3 aromatic heterocycles. The van der Waals surface area contributed by atoms with Crippen LogP contribution in [0.4, 0.5) is 11.8 Å². The zero-order chi connectivity index (χ0) is 23.5. The zero-order valence-corrected chi connectivity index (χ0v) is 19.8. The number of benzene rings is 1. The molecular formula is C26H32N8. The van der Waals surface area contributed by atoms with Gasteiger partial charge < -0.3 is 20.9 Å². The van der Waals surface area contributed by atoms with Crippen molar-refractivity contribution in [1.29, 1.82) is 0 Å². The minimum atomic E-state index is 0.257. The van der Waals surface area contributed by atoms with Gasteiger partial charge in [-0.2, -0.15) is 9.97 Å². The highest BCUT2D eigenvalue weighted by Gasteiger charge is 2.21. The maximum Gasteiger partial charge on any atom is 0.227 e. The van der Waals surface area contributed by atoms with Crippen molar-refractivity contribution in [2.75, 3.05) is 10.6 Å².